The molecule has 0 amide bonds. The standard InChI is InChI=1S/C27H36FN3O3/c1-19(2)31(16-22(32)18-33-27(3,4)5)17-24-25(20-10-8-7-9-11-20)29-30(6)26(24)34-23-14-12-21(28)13-15-23/h7-15,19,22,32H,16-18H2,1-6H3. The number of halogens is 1. The number of rotatable bonds is 10. The van der Waals surface area contributed by atoms with E-state index in [9.17, 15) is 9.50 Å². The SMILES string of the molecule is CC(C)N(Cc1c(-c2ccccc2)nn(C)c1Oc1ccc(F)cc1)CC(O)COC(C)(C)C. The maximum atomic E-state index is 13.4. The molecule has 3 aromatic rings. The molecule has 1 atom stereocenters. The van der Waals surface area contributed by atoms with E-state index in [-0.39, 0.29) is 24.1 Å². The van der Waals surface area contributed by atoms with Gasteiger partial charge in [0, 0.05) is 31.7 Å². The van der Waals surface area contributed by atoms with Crippen molar-refractivity contribution in [3.8, 4) is 22.9 Å². The smallest absolute Gasteiger partial charge is 0.222 e. The summed E-state index contributed by atoms with van der Waals surface area (Å²) in [5, 5.41) is 15.4. The average molecular weight is 470 g/mol. The van der Waals surface area contributed by atoms with Crippen LogP contribution in [-0.4, -0.2) is 50.7 Å². The molecule has 6 nitrogen and oxygen atoms in total. The van der Waals surface area contributed by atoms with Crippen molar-refractivity contribution in [1.82, 2.24) is 14.7 Å². The number of hydrogen-bond acceptors (Lipinski definition) is 5. The van der Waals surface area contributed by atoms with Crippen LogP contribution in [0.1, 0.15) is 40.2 Å². The van der Waals surface area contributed by atoms with Gasteiger partial charge in [-0.1, -0.05) is 30.3 Å². The Balaban J connectivity index is 1.93. The summed E-state index contributed by atoms with van der Waals surface area (Å²) in [5.41, 5.74) is 2.37. The number of aliphatic hydroxyl groups is 1. The van der Waals surface area contributed by atoms with Gasteiger partial charge >= 0.3 is 0 Å². The van der Waals surface area contributed by atoms with E-state index >= 15 is 0 Å². The minimum Gasteiger partial charge on any atom is -0.439 e. The average Bonchev–Trinajstić information content (AvgIpc) is 3.08. The van der Waals surface area contributed by atoms with E-state index in [1.165, 1.54) is 12.1 Å². The minimum atomic E-state index is -0.639. The molecule has 184 valence electrons. The van der Waals surface area contributed by atoms with Crippen molar-refractivity contribution in [1.29, 1.82) is 0 Å². The number of nitrogens with zero attached hydrogens (tertiary/aromatic N) is 3. The third-order valence-electron chi connectivity index (χ3n) is 5.41. The van der Waals surface area contributed by atoms with Crippen molar-refractivity contribution < 1.29 is 19.0 Å². The molecule has 0 aliphatic carbocycles. The van der Waals surface area contributed by atoms with Gasteiger partial charge < -0.3 is 14.6 Å². The van der Waals surface area contributed by atoms with E-state index in [1.807, 2.05) is 58.2 Å². The Morgan fingerprint density at radius 3 is 2.29 bits per heavy atom. The maximum Gasteiger partial charge on any atom is 0.222 e. The van der Waals surface area contributed by atoms with E-state index in [2.05, 4.69) is 18.7 Å². The second-order valence-corrected chi connectivity index (χ2v) is 9.78. The summed E-state index contributed by atoms with van der Waals surface area (Å²) in [5.74, 6) is 0.788. The van der Waals surface area contributed by atoms with Crippen molar-refractivity contribution >= 4 is 0 Å². The molecule has 2 aromatic carbocycles. The molecule has 7 heteroatoms. The van der Waals surface area contributed by atoms with Gasteiger partial charge in [-0.3, -0.25) is 4.90 Å². The lowest BCUT2D eigenvalue weighted by atomic mass is 10.1. The molecule has 0 saturated heterocycles. The number of aromatic nitrogens is 2. The van der Waals surface area contributed by atoms with Crippen LogP contribution < -0.4 is 4.74 Å². The number of ether oxygens (including phenoxy) is 2. The lowest BCUT2D eigenvalue weighted by Gasteiger charge is -2.30. The molecule has 0 aliphatic heterocycles. The van der Waals surface area contributed by atoms with Gasteiger partial charge in [-0.25, -0.2) is 9.07 Å². The highest BCUT2D eigenvalue weighted by Crippen LogP contribution is 2.34. The lowest BCUT2D eigenvalue weighted by molar-refractivity contribution is -0.0587. The van der Waals surface area contributed by atoms with E-state index in [0.29, 0.717) is 24.7 Å². The molecular weight excluding hydrogens is 433 g/mol. The van der Waals surface area contributed by atoms with Crippen LogP contribution in [0.3, 0.4) is 0 Å². The summed E-state index contributed by atoms with van der Waals surface area (Å²) in [6.07, 6.45) is -0.639. The van der Waals surface area contributed by atoms with Gasteiger partial charge in [0.1, 0.15) is 17.3 Å². The highest BCUT2D eigenvalue weighted by Gasteiger charge is 2.25. The normalized spacial score (nSPS) is 13.0. The summed E-state index contributed by atoms with van der Waals surface area (Å²) in [6.45, 7) is 11.3. The van der Waals surface area contributed by atoms with Crippen LogP contribution in [0.25, 0.3) is 11.3 Å². The lowest BCUT2D eigenvalue weighted by Crippen LogP contribution is -2.40. The third kappa shape index (κ3) is 7.13. The van der Waals surface area contributed by atoms with E-state index < -0.39 is 6.10 Å². The first-order valence-corrected chi connectivity index (χ1v) is 11.6. The van der Waals surface area contributed by atoms with Gasteiger partial charge in [0.2, 0.25) is 5.88 Å². The van der Waals surface area contributed by atoms with E-state index in [0.717, 1.165) is 16.8 Å². The van der Waals surface area contributed by atoms with Gasteiger partial charge in [0.05, 0.1) is 23.9 Å². The number of aryl methyl sites for hydroxylation is 1. The topological polar surface area (TPSA) is 59.8 Å². The molecule has 0 saturated carbocycles. The maximum absolute atomic E-state index is 13.4. The highest BCUT2D eigenvalue weighted by molar-refractivity contribution is 5.65. The molecule has 1 aromatic heterocycles. The first-order chi connectivity index (χ1) is 16.0. The molecule has 0 bridgehead atoms. The fourth-order valence-electron chi connectivity index (χ4n) is 3.60. The molecule has 3 rings (SSSR count). The predicted octanol–water partition coefficient (Wildman–Crippen LogP) is 5.40. The molecule has 1 unspecified atom stereocenters. The molecular formula is C27H36FN3O3. The zero-order valence-electron chi connectivity index (χ0n) is 21.0. The Labute approximate surface area is 201 Å². The molecule has 0 fully saturated rings. The monoisotopic (exact) mass is 469 g/mol. The van der Waals surface area contributed by atoms with Gasteiger partial charge in [-0.05, 0) is 58.9 Å². The van der Waals surface area contributed by atoms with Gasteiger partial charge in [0.25, 0.3) is 0 Å². The number of benzene rings is 2. The molecule has 1 N–H and O–H groups in total. The number of aliphatic hydroxyl groups excluding tert-OH is 1. The van der Waals surface area contributed by atoms with E-state index in [1.54, 1.807) is 16.8 Å². The molecule has 34 heavy (non-hydrogen) atoms. The quantitative estimate of drug-likeness (QED) is 0.431. The highest BCUT2D eigenvalue weighted by atomic mass is 19.1. The third-order valence-corrected chi connectivity index (χ3v) is 5.41. The Hall–Kier alpha value is -2.74. The second kappa shape index (κ2) is 11.1. The van der Waals surface area contributed by atoms with Crippen molar-refractivity contribution in [2.45, 2.75) is 58.9 Å². The number of hydrogen-bond donors (Lipinski definition) is 1. The van der Waals surface area contributed by atoms with Gasteiger partial charge in [-0.2, -0.15) is 5.10 Å². The zero-order chi connectivity index (χ0) is 24.9. The van der Waals surface area contributed by atoms with E-state index in [4.69, 9.17) is 14.6 Å². The summed E-state index contributed by atoms with van der Waals surface area (Å²) in [6, 6.07) is 16.0. The minimum absolute atomic E-state index is 0.159. The Kier molecular flexibility index (Phi) is 8.47. The van der Waals surface area contributed by atoms with Crippen molar-refractivity contribution in [3.05, 3.63) is 66.0 Å². The van der Waals surface area contributed by atoms with Crippen LogP contribution in [0, 0.1) is 5.82 Å². The van der Waals surface area contributed by atoms with Crippen LogP contribution in [0.4, 0.5) is 4.39 Å². The van der Waals surface area contributed by atoms with Gasteiger partial charge in [-0.15, -0.1) is 0 Å². The fraction of sp³-hybridized carbons (Fsp3) is 0.444. The van der Waals surface area contributed by atoms with Crippen LogP contribution in [0.15, 0.2) is 54.6 Å². The first kappa shape index (κ1) is 25.9. The predicted molar refractivity (Wildman–Crippen MR) is 132 cm³/mol. The van der Waals surface area contributed by atoms with Crippen LogP contribution in [0.2, 0.25) is 0 Å². The summed E-state index contributed by atoms with van der Waals surface area (Å²) < 4.78 is 27.1. The Bertz CT molecular complexity index is 1040. The Morgan fingerprint density at radius 1 is 1.06 bits per heavy atom. The molecule has 1 heterocycles. The summed E-state index contributed by atoms with van der Waals surface area (Å²) in [7, 11) is 1.83. The molecule has 0 radical (unpaired) electrons. The summed E-state index contributed by atoms with van der Waals surface area (Å²) in [4.78, 5) is 2.18. The molecule has 0 aliphatic rings. The van der Waals surface area contributed by atoms with Crippen molar-refractivity contribution in [2.75, 3.05) is 13.2 Å². The fourth-order valence-corrected chi connectivity index (χ4v) is 3.60. The zero-order valence-corrected chi connectivity index (χ0v) is 21.0. The van der Waals surface area contributed by atoms with Crippen LogP contribution in [0.5, 0.6) is 11.6 Å². The molecule has 0 spiro atoms. The van der Waals surface area contributed by atoms with Crippen LogP contribution in [-0.2, 0) is 18.3 Å². The van der Waals surface area contributed by atoms with Gasteiger partial charge in [0.15, 0.2) is 0 Å². The van der Waals surface area contributed by atoms with Crippen molar-refractivity contribution in [2.24, 2.45) is 7.05 Å². The largest absolute Gasteiger partial charge is 0.439 e. The Morgan fingerprint density at radius 2 is 1.71 bits per heavy atom. The second-order valence-electron chi connectivity index (χ2n) is 9.78. The summed E-state index contributed by atoms with van der Waals surface area (Å²) >= 11 is 0. The van der Waals surface area contributed by atoms with Crippen molar-refractivity contribution in [3.63, 3.8) is 0 Å². The van der Waals surface area contributed by atoms with Crippen LogP contribution >= 0.6 is 0 Å². The first-order valence-electron chi connectivity index (χ1n) is 11.6.